The second-order valence-electron chi connectivity index (χ2n) is 4.52. The first kappa shape index (κ1) is 27.0. The van der Waals surface area contributed by atoms with Gasteiger partial charge in [0, 0.05) is 17.3 Å². The van der Waals surface area contributed by atoms with Crippen LogP contribution in [0.15, 0.2) is 43.5 Å². The quantitative estimate of drug-likeness (QED) is 0.340. The van der Waals surface area contributed by atoms with Gasteiger partial charge >= 0.3 is 0 Å². The molecule has 0 spiro atoms. The van der Waals surface area contributed by atoms with E-state index >= 15 is 0 Å². The molecule has 0 aliphatic rings. The standard InChI is InChI=1S/C13H18N2O3.C2H6.C2H4.CH4S/c1-10(9-15(17)18)8-13(16)14-11(2)12-6-4-3-5-7-12;3*1-2/h3-7,10-11H,8-9H2,1-2H3,(H,14,16);1-2H3;1-2H2;2H,1H3/t10?,11-;;;/m0.../s1. The molecule has 24 heavy (non-hydrogen) atoms. The van der Waals surface area contributed by atoms with Gasteiger partial charge in [-0.3, -0.25) is 14.9 Å². The molecule has 1 N–H and O–H groups in total. The topological polar surface area (TPSA) is 72.2 Å². The van der Waals surface area contributed by atoms with Crippen LogP contribution in [0.2, 0.25) is 0 Å². The largest absolute Gasteiger partial charge is 0.350 e. The molecule has 0 aliphatic heterocycles. The van der Waals surface area contributed by atoms with Gasteiger partial charge in [0.25, 0.3) is 0 Å². The maximum Gasteiger partial charge on any atom is 0.220 e. The maximum absolute atomic E-state index is 11.7. The number of hydrogen-bond donors (Lipinski definition) is 2. The monoisotopic (exact) mass is 356 g/mol. The van der Waals surface area contributed by atoms with E-state index in [9.17, 15) is 14.9 Å². The van der Waals surface area contributed by atoms with Crippen LogP contribution < -0.4 is 5.32 Å². The average Bonchev–Trinajstić information content (AvgIpc) is 2.60. The summed E-state index contributed by atoms with van der Waals surface area (Å²) >= 11 is 3.53. The van der Waals surface area contributed by atoms with Crippen LogP contribution in [-0.2, 0) is 4.79 Å². The highest BCUT2D eigenvalue weighted by molar-refractivity contribution is 7.79. The van der Waals surface area contributed by atoms with Gasteiger partial charge in [0.2, 0.25) is 12.5 Å². The Morgan fingerprint density at radius 1 is 1.21 bits per heavy atom. The number of nitrogens with zero attached hydrogens (tertiary/aromatic N) is 1. The van der Waals surface area contributed by atoms with Crippen molar-refractivity contribution in [2.75, 3.05) is 12.8 Å². The number of carbonyl (C=O) groups is 1. The van der Waals surface area contributed by atoms with Crippen molar-refractivity contribution in [3.05, 3.63) is 59.2 Å². The van der Waals surface area contributed by atoms with Crippen LogP contribution in [0.3, 0.4) is 0 Å². The molecule has 0 aliphatic carbocycles. The summed E-state index contributed by atoms with van der Waals surface area (Å²) < 4.78 is 0. The van der Waals surface area contributed by atoms with Crippen LogP contribution in [-0.4, -0.2) is 23.6 Å². The molecular formula is C18H32N2O3S. The first-order valence-corrected chi connectivity index (χ1v) is 8.79. The van der Waals surface area contributed by atoms with Crippen LogP contribution in [0, 0.1) is 16.0 Å². The van der Waals surface area contributed by atoms with E-state index in [0.29, 0.717) is 0 Å². The lowest BCUT2D eigenvalue weighted by Crippen LogP contribution is -2.29. The zero-order valence-electron chi connectivity index (χ0n) is 15.5. The fraction of sp³-hybridized carbons (Fsp3) is 0.500. The number of benzene rings is 1. The Hall–Kier alpha value is -1.82. The Balaban J connectivity index is -0.000000659. The smallest absolute Gasteiger partial charge is 0.220 e. The molecule has 1 aromatic carbocycles. The van der Waals surface area contributed by atoms with Gasteiger partial charge < -0.3 is 5.32 Å². The zero-order chi connectivity index (χ0) is 19.5. The highest BCUT2D eigenvalue weighted by Gasteiger charge is 2.16. The number of nitrogens with one attached hydrogen (secondary N) is 1. The maximum atomic E-state index is 11.7. The molecule has 0 radical (unpaired) electrons. The van der Waals surface area contributed by atoms with E-state index in [1.807, 2.05) is 51.1 Å². The third-order valence-corrected chi connectivity index (χ3v) is 2.67. The predicted octanol–water partition coefficient (Wildman–Crippen LogP) is 4.54. The van der Waals surface area contributed by atoms with Crippen molar-refractivity contribution in [2.45, 2.75) is 40.2 Å². The second-order valence-corrected chi connectivity index (χ2v) is 4.52. The van der Waals surface area contributed by atoms with Gasteiger partial charge in [-0.25, -0.2) is 0 Å². The molecule has 1 unspecified atom stereocenters. The summed E-state index contributed by atoms with van der Waals surface area (Å²) in [7, 11) is 0. The summed E-state index contributed by atoms with van der Waals surface area (Å²) in [5.74, 6) is -0.399. The van der Waals surface area contributed by atoms with E-state index in [4.69, 9.17) is 0 Å². The minimum Gasteiger partial charge on any atom is -0.350 e. The Bertz CT molecular complexity index is 428. The summed E-state index contributed by atoms with van der Waals surface area (Å²) in [6, 6.07) is 9.52. The molecule has 1 amide bonds. The SMILES string of the molecule is C=C.CC.CC(CC(=O)N[C@@H](C)c1ccccc1)C[N+](=O)[O-].CS. The lowest BCUT2D eigenvalue weighted by molar-refractivity contribution is -0.487. The van der Waals surface area contributed by atoms with Crippen molar-refractivity contribution in [3.8, 4) is 0 Å². The summed E-state index contributed by atoms with van der Waals surface area (Å²) in [6.45, 7) is 13.4. The highest BCUT2D eigenvalue weighted by Crippen LogP contribution is 2.12. The zero-order valence-corrected chi connectivity index (χ0v) is 16.4. The molecule has 0 saturated carbocycles. The number of nitro groups is 1. The van der Waals surface area contributed by atoms with Crippen LogP contribution in [0.1, 0.15) is 45.7 Å². The third-order valence-electron chi connectivity index (χ3n) is 2.67. The Labute approximate surface area is 152 Å². The molecule has 0 saturated heterocycles. The lowest BCUT2D eigenvalue weighted by Gasteiger charge is -2.15. The predicted molar refractivity (Wildman–Crippen MR) is 106 cm³/mol. The van der Waals surface area contributed by atoms with Gasteiger partial charge in [0.15, 0.2) is 0 Å². The van der Waals surface area contributed by atoms with Gasteiger partial charge in [0.05, 0.1) is 6.04 Å². The highest BCUT2D eigenvalue weighted by atomic mass is 32.1. The van der Waals surface area contributed by atoms with Crippen molar-refractivity contribution in [3.63, 3.8) is 0 Å². The van der Waals surface area contributed by atoms with Crippen molar-refractivity contribution >= 4 is 18.5 Å². The molecule has 1 aromatic rings. The number of amides is 1. The molecule has 1 rings (SSSR count). The average molecular weight is 357 g/mol. The van der Waals surface area contributed by atoms with E-state index in [2.05, 4.69) is 31.1 Å². The molecule has 0 fully saturated rings. The summed E-state index contributed by atoms with van der Waals surface area (Å²) in [6.07, 6.45) is 1.87. The van der Waals surface area contributed by atoms with Gasteiger partial charge in [-0.2, -0.15) is 12.6 Å². The lowest BCUT2D eigenvalue weighted by atomic mass is 10.1. The minimum atomic E-state index is -0.390. The van der Waals surface area contributed by atoms with Crippen LogP contribution in [0.5, 0.6) is 0 Å². The molecule has 138 valence electrons. The van der Waals surface area contributed by atoms with E-state index in [1.165, 1.54) is 0 Å². The Morgan fingerprint density at radius 3 is 2.08 bits per heavy atom. The van der Waals surface area contributed by atoms with Crippen molar-refractivity contribution in [1.29, 1.82) is 0 Å². The molecule has 0 heterocycles. The van der Waals surface area contributed by atoms with Crippen LogP contribution >= 0.6 is 12.6 Å². The normalized spacial score (nSPS) is 10.9. The molecular weight excluding hydrogens is 324 g/mol. The van der Waals surface area contributed by atoms with E-state index < -0.39 is 4.92 Å². The third kappa shape index (κ3) is 15.1. The fourth-order valence-electron chi connectivity index (χ4n) is 1.76. The van der Waals surface area contributed by atoms with Gasteiger partial charge in [-0.05, 0) is 18.7 Å². The van der Waals surface area contributed by atoms with Crippen molar-refractivity contribution in [2.24, 2.45) is 5.92 Å². The number of thiol groups is 1. The van der Waals surface area contributed by atoms with E-state index in [0.717, 1.165) is 5.56 Å². The Kier molecular flexibility index (Phi) is 21.7. The summed E-state index contributed by atoms with van der Waals surface area (Å²) in [4.78, 5) is 21.6. The number of rotatable bonds is 6. The van der Waals surface area contributed by atoms with Crippen molar-refractivity contribution < 1.29 is 9.72 Å². The fourth-order valence-corrected chi connectivity index (χ4v) is 1.76. The van der Waals surface area contributed by atoms with Gasteiger partial charge in [0.1, 0.15) is 0 Å². The van der Waals surface area contributed by atoms with Crippen LogP contribution in [0.4, 0.5) is 0 Å². The van der Waals surface area contributed by atoms with Gasteiger partial charge in [-0.15, -0.1) is 13.2 Å². The molecule has 6 heteroatoms. The minimum absolute atomic E-state index is 0.0819. The number of hydrogen-bond acceptors (Lipinski definition) is 4. The molecule has 0 aromatic heterocycles. The second kappa shape index (κ2) is 19.2. The summed E-state index contributed by atoms with van der Waals surface area (Å²) in [5.41, 5.74) is 1.02. The molecule has 0 bridgehead atoms. The molecule has 5 nitrogen and oxygen atoms in total. The Morgan fingerprint density at radius 2 is 1.67 bits per heavy atom. The van der Waals surface area contributed by atoms with Gasteiger partial charge in [-0.1, -0.05) is 51.1 Å². The van der Waals surface area contributed by atoms with Crippen molar-refractivity contribution in [1.82, 2.24) is 5.32 Å². The number of carbonyl (C=O) groups excluding carboxylic acids is 1. The first-order valence-electron chi connectivity index (χ1n) is 7.90. The first-order chi connectivity index (χ1) is 11.5. The summed E-state index contributed by atoms with van der Waals surface area (Å²) in [5, 5.41) is 13.1. The molecule has 2 atom stereocenters. The van der Waals surface area contributed by atoms with Crippen LogP contribution in [0.25, 0.3) is 0 Å². The van der Waals surface area contributed by atoms with E-state index in [-0.39, 0.29) is 30.8 Å². The van der Waals surface area contributed by atoms with E-state index in [1.54, 1.807) is 13.2 Å².